The maximum absolute atomic E-state index is 12.5. The fourth-order valence-electron chi connectivity index (χ4n) is 3.22. The van der Waals surface area contributed by atoms with Gasteiger partial charge in [-0.05, 0) is 48.8 Å². The predicted molar refractivity (Wildman–Crippen MR) is 95.7 cm³/mol. The van der Waals surface area contributed by atoms with E-state index in [0.29, 0.717) is 19.1 Å². The molecular weight excluding hydrogens is 375 g/mol. The number of carbonyl (C=O) groups excluding carboxylic acids is 1. The second-order valence-corrected chi connectivity index (χ2v) is 7.36. The smallest absolute Gasteiger partial charge is 0.227 e. The summed E-state index contributed by atoms with van der Waals surface area (Å²) in [6.45, 7) is 11.6. The Morgan fingerprint density at radius 2 is 1.92 bits per heavy atom. The maximum atomic E-state index is 12.5. The fourth-order valence-corrected chi connectivity index (χ4v) is 3.22. The predicted octanol–water partition coefficient (Wildman–Crippen LogP) is 4.50. The SMILES string of the molecule is [CH2-]COCCCC1CCCC(=O)N1c1ccc(C(C)(C)C)cc1.[Y]. The summed E-state index contributed by atoms with van der Waals surface area (Å²) in [7, 11) is 0. The van der Waals surface area contributed by atoms with E-state index in [2.05, 4.69) is 52.0 Å². The van der Waals surface area contributed by atoms with Crippen molar-refractivity contribution in [1.29, 1.82) is 0 Å². The Hall–Kier alpha value is -0.246. The van der Waals surface area contributed by atoms with Gasteiger partial charge < -0.3 is 16.6 Å². The van der Waals surface area contributed by atoms with Crippen LogP contribution in [0.2, 0.25) is 0 Å². The van der Waals surface area contributed by atoms with Gasteiger partial charge >= 0.3 is 0 Å². The van der Waals surface area contributed by atoms with E-state index in [0.717, 1.165) is 38.0 Å². The molecule has 1 atom stereocenters. The Morgan fingerprint density at radius 3 is 2.50 bits per heavy atom. The van der Waals surface area contributed by atoms with E-state index in [9.17, 15) is 4.79 Å². The molecule has 1 aromatic rings. The molecule has 0 aliphatic carbocycles. The normalized spacial score (nSPS) is 18.4. The number of nitrogens with zero attached hydrogens (tertiary/aromatic N) is 1. The Morgan fingerprint density at radius 1 is 1.25 bits per heavy atom. The monoisotopic (exact) mass is 405 g/mol. The molecule has 0 N–H and O–H groups in total. The summed E-state index contributed by atoms with van der Waals surface area (Å²) < 4.78 is 5.33. The average Bonchev–Trinajstić information content (AvgIpc) is 2.51. The molecule has 1 aliphatic heterocycles. The van der Waals surface area contributed by atoms with Gasteiger partial charge in [0.15, 0.2) is 0 Å². The average molecular weight is 405 g/mol. The number of amides is 1. The zero-order valence-corrected chi connectivity index (χ0v) is 18.2. The molecule has 1 aliphatic rings. The number of rotatable bonds is 6. The molecule has 0 saturated carbocycles. The largest absolute Gasteiger partial charge is 0.413 e. The molecule has 1 aromatic carbocycles. The fraction of sp³-hybridized carbons (Fsp3) is 0.600. The summed E-state index contributed by atoms with van der Waals surface area (Å²) in [4.78, 5) is 14.5. The number of piperidine rings is 1. The quantitative estimate of drug-likeness (QED) is 0.515. The first-order chi connectivity index (χ1) is 10.9. The molecule has 131 valence electrons. The van der Waals surface area contributed by atoms with Gasteiger partial charge in [-0.1, -0.05) is 39.5 Å². The van der Waals surface area contributed by atoms with E-state index in [-0.39, 0.29) is 44.0 Å². The van der Waals surface area contributed by atoms with Gasteiger partial charge in [0, 0.05) is 57.5 Å². The van der Waals surface area contributed by atoms with Crippen LogP contribution in [0, 0.1) is 6.92 Å². The molecule has 4 heteroatoms. The summed E-state index contributed by atoms with van der Waals surface area (Å²) in [6.07, 6.45) is 4.71. The molecule has 1 amide bonds. The van der Waals surface area contributed by atoms with Crippen LogP contribution >= 0.6 is 0 Å². The van der Waals surface area contributed by atoms with Crippen LogP contribution in [0.5, 0.6) is 0 Å². The molecule has 2 rings (SSSR count). The number of hydrogen-bond donors (Lipinski definition) is 0. The number of ether oxygens (including phenoxy) is 1. The molecule has 0 spiro atoms. The van der Waals surface area contributed by atoms with Gasteiger partial charge in [-0.25, -0.2) is 0 Å². The molecule has 24 heavy (non-hydrogen) atoms. The zero-order chi connectivity index (χ0) is 16.9. The van der Waals surface area contributed by atoms with Gasteiger partial charge in [-0.15, -0.1) is 0 Å². The van der Waals surface area contributed by atoms with Crippen LogP contribution in [0.4, 0.5) is 5.69 Å². The van der Waals surface area contributed by atoms with Gasteiger partial charge in [0.25, 0.3) is 0 Å². The summed E-state index contributed by atoms with van der Waals surface area (Å²) in [5.41, 5.74) is 2.46. The van der Waals surface area contributed by atoms with E-state index in [4.69, 9.17) is 4.74 Å². The van der Waals surface area contributed by atoms with Crippen LogP contribution in [0.15, 0.2) is 24.3 Å². The van der Waals surface area contributed by atoms with E-state index in [1.807, 2.05) is 4.90 Å². The minimum absolute atomic E-state index is 0. The molecule has 1 heterocycles. The van der Waals surface area contributed by atoms with Gasteiger partial charge in [0.1, 0.15) is 0 Å². The summed E-state index contributed by atoms with van der Waals surface area (Å²) in [6, 6.07) is 8.80. The van der Waals surface area contributed by atoms with Crippen LogP contribution in [-0.4, -0.2) is 25.2 Å². The van der Waals surface area contributed by atoms with Crippen molar-refractivity contribution in [2.45, 2.75) is 64.3 Å². The minimum Gasteiger partial charge on any atom is -0.413 e. The van der Waals surface area contributed by atoms with Crippen molar-refractivity contribution in [1.82, 2.24) is 0 Å². The number of hydrogen-bond acceptors (Lipinski definition) is 2. The maximum Gasteiger partial charge on any atom is 0.227 e. The Kier molecular flexibility index (Phi) is 9.12. The Bertz CT molecular complexity index is 507. The number of carbonyl (C=O) groups is 1. The summed E-state index contributed by atoms with van der Waals surface area (Å²) in [5, 5.41) is 0. The molecule has 3 nitrogen and oxygen atoms in total. The van der Waals surface area contributed by atoms with Crippen LogP contribution in [0.25, 0.3) is 0 Å². The van der Waals surface area contributed by atoms with E-state index in [1.165, 1.54) is 5.56 Å². The zero-order valence-electron chi connectivity index (χ0n) is 15.4. The second kappa shape index (κ2) is 10.0. The third kappa shape index (κ3) is 5.93. The van der Waals surface area contributed by atoms with Gasteiger partial charge in [-0.3, -0.25) is 4.79 Å². The molecular formula is C20H30NO2Y-. The van der Waals surface area contributed by atoms with Crippen molar-refractivity contribution in [3.05, 3.63) is 36.8 Å². The van der Waals surface area contributed by atoms with Crippen molar-refractivity contribution >= 4 is 11.6 Å². The van der Waals surface area contributed by atoms with Crippen molar-refractivity contribution < 1.29 is 42.2 Å². The van der Waals surface area contributed by atoms with Crippen LogP contribution in [-0.2, 0) is 47.7 Å². The van der Waals surface area contributed by atoms with E-state index >= 15 is 0 Å². The molecule has 1 radical (unpaired) electrons. The Balaban J connectivity index is 0.00000288. The van der Waals surface area contributed by atoms with Crippen molar-refractivity contribution in [3.63, 3.8) is 0 Å². The van der Waals surface area contributed by atoms with Crippen LogP contribution in [0.3, 0.4) is 0 Å². The topological polar surface area (TPSA) is 29.5 Å². The first-order valence-corrected chi connectivity index (χ1v) is 8.73. The van der Waals surface area contributed by atoms with E-state index < -0.39 is 0 Å². The second-order valence-electron chi connectivity index (χ2n) is 7.36. The summed E-state index contributed by atoms with van der Waals surface area (Å²) >= 11 is 0. The van der Waals surface area contributed by atoms with Gasteiger partial charge in [0.2, 0.25) is 5.91 Å². The van der Waals surface area contributed by atoms with Crippen molar-refractivity contribution in [3.8, 4) is 0 Å². The molecule has 1 unspecified atom stereocenters. The van der Waals surface area contributed by atoms with E-state index in [1.54, 1.807) is 0 Å². The summed E-state index contributed by atoms with van der Waals surface area (Å²) in [5.74, 6) is 0.253. The number of anilines is 1. The van der Waals surface area contributed by atoms with Crippen molar-refractivity contribution in [2.75, 3.05) is 18.1 Å². The first-order valence-electron chi connectivity index (χ1n) is 8.73. The van der Waals surface area contributed by atoms with Crippen LogP contribution < -0.4 is 4.90 Å². The van der Waals surface area contributed by atoms with Gasteiger partial charge in [0.05, 0.1) is 0 Å². The molecule has 1 saturated heterocycles. The first kappa shape index (κ1) is 21.8. The Labute approximate surface area is 172 Å². The van der Waals surface area contributed by atoms with Crippen LogP contribution in [0.1, 0.15) is 58.4 Å². The number of benzene rings is 1. The molecule has 0 aromatic heterocycles. The van der Waals surface area contributed by atoms with Crippen molar-refractivity contribution in [2.24, 2.45) is 0 Å². The third-order valence-electron chi connectivity index (χ3n) is 4.54. The molecule has 1 fully saturated rings. The minimum atomic E-state index is 0. The third-order valence-corrected chi connectivity index (χ3v) is 4.54. The molecule has 0 bridgehead atoms. The van der Waals surface area contributed by atoms with Gasteiger partial charge in [-0.2, -0.15) is 0 Å². The standard InChI is InChI=1S/C20H30NO2.Y/c1-5-23-15-7-9-17-8-6-10-19(22)21(17)18-13-11-16(12-14-18)20(2,3)4;/h11-14,17H,1,5-10,15H2,2-4H3;/q-1;.